The Bertz CT molecular complexity index is 816. The predicted molar refractivity (Wildman–Crippen MR) is 94.5 cm³/mol. The van der Waals surface area contributed by atoms with Crippen molar-refractivity contribution < 1.29 is 9.53 Å². The molecule has 25 heavy (non-hydrogen) atoms. The third-order valence-corrected chi connectivity index (χ3v) is 4.27. The summed E-state index contributed by atoms with van der Waals surface area (Å²) in [4.78, 5) is 12.4. The van der Waals surface area contributed by atoms with Gasteiger partial charge in [-0.1, -0.05) is 30.3 Å². The van der Waals surface area contributed by atoms with Crippen molar-refractivity contribution in [3.8, 4) is 5.69 Å². The first kappa shape index (κ1) is 16.9. The van der Waals surface area contributed by atoms with Crippen LogP contribution in [0, 0.1) is 0 Å². The first-order valence-electron chi connectivity index (χ1n) is 7.96. The molecule has 0 fully saturated rings. The zero-order chi connectivity index (χ0) is 17.7. The molecule has 3 rings (SSSR count). The number of hydrogen-bond acceptors (Lipinski definition) is 4. The Kier molecular flexibility index (Phi) is 4.90. The van der Waals surface area contributed by atoms with Crippen molar-refractivity contribution in [1.29, 1.82) is 0 Å². The van der Waals surface area contributed by atoms with Gasteiger partial charge in [0.15, 0.2) is 0 Å². The van der Waals surface area contributed by atoms with E-state index in [2.05, 4.69) is 15.5 Å². The molecule has 0 saturated heterocycles. The first-order valence-corrected chi connectivity index (χ1v) is 7.96. The summed E-state index contributed by atoms with van der Waals surface area (Å²) in [7, 11) is 1.65. The van der Waals surface area contributed by atoms with Gasteiger partial charge in [-0.25, -0.2) is 0 Å². The van der Waals surface area contributed by atoms with Gasteiger partial charge in [0.1, 0.15) is 18.3 Å². The Hall–Kier alpha value is -2.99. The second-order valence-electron chi connectivity index (χ2n) is 5.90. The van der Waals surface area contributed by atoms with Gasteiger partial charge in [-0.05, 0) is 36.8 Å². The zero-order valence-corrected chi connectivity index (χ0v) is 14.2. The van der Waals surface area contributed by atoms with Crippen LogP contribution in [-0.4, -0.2) is 34.3 Å². The van der Waals surface area contributed by atoms with Crippen molar-refractivity contribution in [3.63, 3.8) is 0 Å². The van der Waals surface area contributed by atoms with E-state index in [0.29, 0.717) is 12.1 Å². The molecule has 1 unspecified atom stereocenters. The maximum atomic E-state index is 12.4. The van der Waals surface area contributed by atoms with E-state index in [1.54, 1.807) is 36.5 Å². The summed E-state index contributed by atoms with van der Waals surface area (Å²) in [5.74, 6) is -0.144. The molecule has 0 spiro atoms. The van der Waals surface area contributed by atoms with Gasteiger partial charge in [0.25, 0.3) is 5.91 Å². The number of rotatable bonds is 6. The van der Waals surface area contributed by atoms with Crippen molar-refractivity contribution >= 4 is 5.91 Å². The lowest BCUT2D eigenvalue weighted by atomic mass is 9.95. The summed E-state index contributed by atoms with van der Waals surface area (Å²) in [5, 5.41) is 10.5. The number of hydrogen-bond donors (Lipinski definition) is 1. The fraction of sp³-hybridized carbons (Fsp3) is 0.211. The Morgan fingerprint density at radius 3 is 2.32 bits per heavy atom. The van der Waals surface area contributed by atoms with Crippen LogP contribution in [0.1, 0.15) is 22.8 Å². The molecular weight excluding hydrogens is 316 g/mol. The van der Waals surface area contributed by atoms with Crippen molar-refractivity contribution in [2.45, 2.75) is 12.5 Å². The molecular formula is C19H20N4O2. The monoisotopic (exact) mass is 336 g/mol. The van der Waals surface area contributed by atoms with E-state index < -0.39 is 5.60 Å². The number of benzene rings is 2. The average molecular weight is 336 g/mol. The van der Waals surface area contributed by atoms with Crippen LogP contribution in [0.25, 0.3) is 5.69 Å². The van der Waals surface area contributed by atoms with E-state index in [4.69, 9.17) is 4.74 Å². The van der Waals surface area contributed by atoms with Gasteiger partial charge in [-0.15, -0.1) is 10.2 Å². The third-order valence-electron chi connectivity index (χ3n) is 4.27. The van der Waals surface area contributed by atoms with Crippen molar-refractivity contribution in [3.05, 3.63) is 78.4 Å². The minimum absolute atomic E-state index is 0.144. The number of carbonyl (C=O) groups excluding carboxylic acids is 1. The molecule has 1 atom stereocenters. The van der Waals surface area contributed by atoms with E-state index >= 15 is 0 Å². The number of carbonyl (C=O) groups is 1. The molecule has 6 heteroatoms. The molecule has 1 heterocycles. The van der Waals surface area contributed by atoms with E-state index in [0.717, 1.165) is 11.3 Å². The second kappa shape index (κ2) is 7.27. The minimum Gasteiger partial charge on any atom is -0.372 e. The van der Waals surface area contributed by atoms with E-state index in [1.165, 1.54) is 0 Å². The molecule has 0 aliphatic heterocycles. The number of methoxy groups -OCH3 is 1. The summed E-state index contributed by atoms with van der Waals surface area (Å²) in [6.45, 7) is 2.33. The minimum atomic E-state index is -0.584. The van der Waals surface area contributed by atoms with E-state index in [-0.39, 0.29) is 5.91 Å². The Balaban J connectivity index is 1.67. The van der Waals surface area contributed by atoms with Crippen LogP contribution in [0.2, 0.25) is 0 Å². The molecule has 0 radical (unpaired) electrons. The van der Waals surface area contributed by atoms with Crippen LogP contribution in [0.15, 0.2) is 67.3 Å². The summed E-state index contributed by atoms with van der Waals surface area (Å²) < 4.78 is 7.42. The molecule has 6 nitrogen and oxygen atoms in total. The van der Waals surface area contributed by atoms with Crippen molar-refractivity contribution in [2.75, 3.05) is 13.7 Å². The summed E-state index contributed by atoms with van der Waals surface area (Å²) in [5.41, 5.74) is 1.91. The molecule has 3 aromatic rings. The van der Waals surface area contributed by atoms with Crippen molar-refractivity contribution in [2.24, 2.45) is 0 Å². The SMILES string of the molecule is COC(C)(CNC(=O)c1ccc(-n2cnnc2)cc1)c1ccccc1. The molecule has 0 bridgehead atoms. The number of aromatic nitrogens is 3. The van der Waals surface area contributed by atoms with Crippen LogP contribution < -0.4 is 5.32 Å². The highest BCUT2D eigenvalue weighted by molar-refractivity contribution is 5.94. The number of amides is 1. The van der Waals surface area contributed by atoms with Gasteiger partial charge in [0.05, 0.1) is 6.54 Å². The highest BCUT2D eigenvalue weighted by Crippen LogP contribution is 2.23. The normalized spacial score (nSPS) is 13.2. The fourth-order valence-corrected chi connectivity index (χ4v) is 2.55. The number of nitrogens with one attached hydrogen (secondary N) is 1. The predicted octanol–water partition coefficient (Wildman–Crippen LogP) is 2.56. The maximum Gasteiger partial charge on any atom is 0.251 e. The summed E-state index contributed by atoms with van der Waals surface area (Å²) in [6.07, 6.45) is 3.22. The van der Waals surface area contributed by atoms with Crippen LogP contribution in [-0.2, 0) is 10.3 Å². The standard InChI is InChI=1S/C19H20N4O2/c1-19(25-2,16-6-4-3-5-7-16)12-20-18(24)15-8-10-17(11-9-15)23-13-21-22-14-23/h3-11,13-14H,12H2,1-2H3,(H,20,24). The van der Waals surface area contributed by atoms with Crippen LogP contribution in [0.5, 0.6) is 0 Å². The molecule has 1 N–H and O–H groups in total. The lowest BCUT2D eigenvalue weighted by Gasteiger charge is -2.29. The van der Waals surface area contributed by atoms with Crippen LogP contribution >= 0.6 is 0 Å². The third kappa shape index (κ3) is 3.75. The lowest BCUT2D eigenvalue weighted by molar-refractivity contribution is 0.00315. The zero-order valence-electron chi connectivity index (χ0n) is 14.2. The molecule has 128 valence electrons. The van der Waals surface area contributed by atoms with E-state index in [1.807, 2.05) is 49.4 Å². The summed E-state index contributed by atoms with van der Waals surface area (Å²) in [6, 6.07) is 17.1. The van der Waals surface area contributed by atoms with Gasteiger partial charge >= 0.3 is 0 Å². The Labute approximate surface area is 146 Å². The van der Waals surface area contributed by atoms with Crippen molar-refractivity contribution in [1.82, 2.24) is 20.1 Å². The Morgan fingerprint density at radius 2 is 1.72 bits per heavy atom. The fourth-order valence-electron chi connectivity index (χ4n) is 2.55. The molecule has 1 amide bonds. The lowest BCUT2D eigenvalue weighted by Crippen LogP contribution is -2.40. The largest absolute Gasteiger partial charge is 0.372 e. The molecule has 0 aliphatic carbocycles. The van der Waals surface area contributed by atoms with E-state index in [9.17, 15) is 4.79 Å². The number of nitrogens with zero attached hydrogens (tertiary/aromatic N) is 3. The molecule has 1 aromatic heterocycles. The maximum absolute atomic E-state index is 12.4. The van der Waals surface area contributed by atoms with Crippen LogP contribution in [0.4, 0.5) is 0 Å². The van der Waals surface area contributed by atoms with Gasteiger partial charge in [0.2, 0.25) is 0 Å². The van der Waals surface area contributed by atoms with Gasteiger partial charge < -0.3 is 10.1 Å². The first-order chi connectivity index (χ1) is 12.1. The topological polar surface area (TPSA) is 69.0 Å². The quantitative estimate of drug-likeness (QED) is 0.751. The van der Waals surface area contributed by atoms with Gasteiger partial charge in [0, 0.05) is 18.4 Å². The average Bonchev–Trinajstić information content (AvgIpc) is 3.21. The van der Waals surface area contributed by atoms with Crippen LogP contribution in [0.3, 0.4) is 0 Å². The molecule has 0 aliphatic rings. The van der Waals surface area contributed by atoms with Gasteiger partial charge in [-0.3, -0.25) is 9.36 Å². The van der Waals surface area contributed by atoms with Gasteiger partial charge in [-0.2, -0.15) is 0 Å². The molecule has 0 saturated carbocycles. The second-order valence-corrected chi connectivity index (χ2v) is 5.90. The smallest absolute Gasteiger partial charge is 0.251 e. The highest BCUT2D eigenvalue weighted by atomic mass is 16.5. The Morgan fingerprint density at radius 1 is 1.08 bits per heavy atom. The summed E-state index contributed by atoms with van der Waals surface area (Å²) >= 11 is 0. The highest BCUT2D eigenvalue weighted by Gasteiger charge is 2.26. The number of ether oxygens (including phenoxy) is 1. The molecule has 2 aromatic carbocycles.